The Hall–Kier alpha value is -1.14. The Bertz CT molecular complexity index is 790. The summed E-state index contributed by atoms with van der Waals surface area (Å²) in [6.45, 7) is 0.578. The van der Waals surface area contributed by atoms with Gasteiger partial charge in [0.15, 0.2) is 0 Å². The fourth-order valence-corrected chi connectivity index (χ4v) is 4.46. The molecule has 1 atom stereocenters. The number of nitrogens with zero attached hydrogens (tertiary/aromatic N) is 1. The van der Waals surface area contributed by atoms with Crippen LogP contribution in [0.3, 0.4) is 0 Å². The van der Waals surface area contributed by atoms with Gasteiger partial charge in [-0.1, -0.05) is 40.9 Å². The molecule has 0 unspecified atom stereocenters. The minimum absolute atomic E-state index is 0.0408. The summed E-state index contributed by atoms with van der Waals surface area (Å²) in [5, 5.41) is 3.56. The lowest BCUT2D eigenvalue weighted by Gasteiger charge is -2.25. The summed E-state index contributed by atoms with van der Waals surface area (Å²) < 4.78 is 13.2. The van der Waals surface area contributed by atoms with Gasteiger partial charge in [0.2, 0.25) is 0 Å². The standard InChI is InChI=1S/C16H12Cl3FN2OS/c17-9-1-3-11(12(18)7-9)15-22(5-6-24-15)16(23)21-10-2-4-14(20)13(19)8-10/h1-4,7-8,15H,5-6H2,(H,21,23)/t15-/m0/s1. The first-order chi connectivity index (χ1) is 11.5. The van der Waals surface area contributed by atoms with Crippen LogP contribution in [0.1, 0.15) is 10.9 Å². The fourth-order valence-electron chi connectivity index (χ4n) is 2.41. The maximum atomic E-state index is 13.2. The molecule has 1 aliphatic rings. The van der Waals surface area contributed by atoms with Crippen molar-refractivity contribution < 1.29 is 9.18 Å². The average Bonchev–Trinajstić information content (AvgIpc) is 3.00. The van der Waals surface area contributed by atoms with Gasteiger partial charge < -0.3 is 10.2 Å². The van der Waals surface area contributed by atoms with Gasteiger partial charge in [-0.05, 0) is 30.3 Å². The smallest absolute Gasteiger partial charge is 0.308 e. The summed E-state index contributed by atoms with van der Waals surface area (Å²) in [6.07, 6.45) is 0. The first-order valence-corrected chi connectivity index (χ1v) is 9.23. The number of amides is 2. The predicted octanol–water partition coefficient (Wildman–Crippen LogP) is 6.07. The van der Waals surface area contributed by atoms with Crippen molar-refractivity contribution in [3.63, 3.8) is 0 Å². The lowest BCUT2D eigenvalue weighted by molar-refractivity contribution is 0.214. The molecule has 8 heteroatoms. The fraction of sp³-hybridized carbons (Fsp3) is 0.188. The number of rotatable bonds is 2. The van der Waals surface area contributed by atoms with E-state index >= 15 is 0 Å². The second-order valence-corrected chi connectivity index (χ2v) is 7.58. The molecule has 24 heavy (non-hydrogen) atoms. The summed E-state index contributed by atoms with van der Waals surface area (Å²) in [4.78, 5) is 14.2. The summed E-state index contributed by atoms with van der Waals surface area (Å²) in [7, 11) is 0. The van der Waals surface area contributed by atoms with Crippen LogP contribution in [-0.2, 0) is 0 Å². The van der Waals surface area contributed by atoms with E-state index in [1.54, 1.807) is 28.8 Å². The quantitative estimate of drug-likeness (QED) is 0.658. The Kier molecular flexibility index (Phi) is 5.45. The number of nitrogens with one attached hydrogen (secondary N) is 1. The van der Waals surface area contributed by atoms with Crippen LogP contribution in [0.25, 0.3) is 0 Å². The van der Waals surface area contributed by atoms with Crippen LogP contribution in [0.15, 0.2) is 36.4 Å². The topological polar surface area (TPSA) is 32.3 Å². The minimum Gasteiger partial charge on any atom is -0.308 e. The normalized spacial score (nSPS) is 17.2. The van der Waals surface area contributed by atoms with Crippen LogP contribution in [0.2, 0.25) is 15.1 Å². The van der Waals surface area contributed by atoms with E-state index < -0.39 is 5.82 Å². The van der Waals surface area contributed by atoms with Crippen molar-refractivity contribution >= 4 is 58.3 Å². The Balaban J connectivity index is 1.79. The molecule has 1 aliphatic heterocycles. The molecule has 1 N–H and O–H groups in total. The summed E-state index contributed by atoms with van der Waals surface area (Å²) in [5.74, 6) is 0.263. The number of carbonyl (C=O) groups is 1. The zero-order valence-electron chi connectivity index (χ0n) is 12.2. The van der Waals surface area contributed by atoms with Gasteiger partial charge in [-0.25, -0.2) is 9.18 Å². The lowest BCUT2D eigenvalue weighted by atomic mass is 10.2. The average molecular weight is 406 g/mol. The monoisotopic (exact) mass is 404 g/mol. The number of urea groups is 1. The molecule has 2 amide bonds. The van der Waals surface area contributed by atoms with E-state index in [9.17, 15) is 9.18 Å². The third kappa shape index (κ3) is 3.75. The second-order valence-electron chi connectivity index (χ2n) is 5.14. The maximum Gasteiger partial charge on any atom is 0.323 e. The largest absolute Gasteiger partial charge is 0.323 e. The highest BCUT2D eigenvalue weighted by Crippen LogP contribution is 2.41. The minimum atomic E-state index is -0.530. The molecule has 2 aromatic carbocycles. The van der Waals surface area contributed by atoms with Gasteiger partial charge in [0, 0.05) is 33.6 Å². The highest BCUT2D eigenvalue weighted by atomic mass is 35.5. The molecule has 3 rings (SSSR count). The van der Waals surface area contributed by atoms with Gasteiger partial charge in [0.25, 0.3) is 0 Å². The number of anilines is 1. The Labute approximate surface area is 158 Å². The van der Waals surface area contributed by atoms with Crippen molar-refractivity contribution in [2.75, 3.05) is 17.6 Å². The summed E-state index contributed by atoms with van der Waals surface area (Å²) >= 11 is 19.6. The van der Waals surface area contributed by atoms with Crippen LogP contribution in [0, 0.1) is 5.82 Å². The molecule has 2 aromatic rings. The van der Waals surface area contributed by atoms with E-state index in [2.05, 4.69) is 5.32 Å². The molecule has 1 fully saturated rings. The van der Waals surface area contributed by atoms with Gasteiger partial charge in [0.05, 0.1) is 5.02 Å². The molecule has 0 radical (unpaired) electrons. The molecule has 3 nitrogen and oxygen atoms in total. The SMILES string of the molecule is O=C(Nc1ccc(F)c(Cl)c1)N1CCS[C@H]1c1ccc(Cl)cc1Cl. The molecule has 0 saturated carbocycles. The Morgan fingerprint density at radius 1 is 1.17 bits per heavy atom. The zero-order chi connectivity index (χ0) is 17.3. The molecule has 0 spiro atoms. The number of benzene rings is 2. The number of thioether (sulfide) groups is 1. The van der Waals surface area contributed by atoms with Crippen LogP contribution >= 0.6 is 46.6 Å². The number of hydrogen-bond donors (Lipinski definition) is 1. The molecule has 0 bridgehead atoms. The van der Waals surface area contributed by atoms with Gasteiger partial charge in [-0.3, -0.25) is 0 Å². The third-order valence-corrected chi connectivity index (χ3v) is 5.65. The van der Waals surface area contributed by atoms with Crippen molar-refractivity contribution in [2.24, 2.45) is 0 Å². The summed E-state index contributed by atoms with van der Waals surface area (Å²) in [6, 6.07) is 8.99. The van der Waals surface area contributed by atoms with Gasteiger partial charge in [-0.15, -0.1) is 11.8 Å². The first kappa shape index (κ1) is 17.7. The third-order valence-electron chi connectivity index (χ3n) is 3.55. The molecule has 0 aromatic heterocycles. The van der Waals surface area contributed by atoms with Gasteiger partial charge in [0.1, 0.15) is 11.2 Å². The van der Waals surface area contributed by atoms with E-state index in [0.29, 0.717) is 22.3 Å². The predicted molar refractivity (Wildman–Crippen MR) is 98.8 cm³/mol. The van der Waals surface area contributed by atoms with E-state index in [1.807, 2.05) is 6.07 Å². The van der Waals surface area contributed by atoms with Crippen LogP contribution < -0.4 is 5.32 Å². The van der Waals surface area contributed by atoms with E-state index in [0.717, 1.165) is 11.3 Å². The number of halogens is 4. The van der Waals surface area contributed by atoms with E-state index in [-0.39, 0.29) is 16.4 Å². The van der Waals surface area contributed by atoms with Crippen molar-refractivity contribution in [1.29, 1.82) is 0 Å². The van der Waals surface area contributed by atoms with Gasteiger partial charge >= 0.3 is 6.03 Å². The zero-order valence-corrected chi connectivity index (χ0v) is 15.3. The van der Waals surface area contributed by atoms with Crippen LogP contribution in [0.4, 0.5) is 14.9 Å². The highest BCUT2D eigenvalue weighted by Gasteiger charge is 2.32. The van der Waals surface area contributed by atoms with Crippen molar-refractivity contribution in [3.8, 4) is 0 Å². The molecule has 1 heterocycles. The van der Waals surface area contributed by atoms with Crippen molar-refractivity contribution in [2.45, 2.75) is 5.37 Å². The molecule has 126 valence electrons. The molecular weight excluding hydrogens is 394 g/mol. The van der Waals surface area contributed by atoms with E-state index in [4.69, 9.17) is 34.8 Å². The van der Waals surface area contributed by atoms with Crippen LogP contribution in [-0.4, -0.2) is 23.2 Å². The number of carbonyl (C=O) groups excluding carboxylic acids is 1. The lowest BCUT2D eigenvalue weighted by Crippen LogP contribution is -2.34. The molecule has 1 saturated heterocycles. The van der Waals surface area contributed by atoms with E-state index in [1.165, 1.54) is 18.2 Å². The van der Waals surface area contributed by atoms with Crippen molar-refractivity contribution in [3.05, 3.63) is 62.8 Å². The Morgan fingerprint density at radius 3 is 2.67 bits per heavy atom. The first-order valence-electron chi connectivity index (χ1n) is 7.05. The molecule has 0 aliphatic carbocycles. The second kappa shape index (κ2) is 7.40. The molecular formula is C16H12Cl3FN2OS. The number of hydrogen-bond acceptors (Lipinski definition) is 2. The van der Waals surface area contributed by atoms with Gasteiger partial charge in [-0.2, -0.15) is 0 Å². The van der Waals surface area contributed by atoms with Crippen LogP contribution in [0.5, 0.6) is 0 Å². The maximum absolute atomic E-state index is 13.2. The highest BCUT2D eigenvalue weighted by molar-refractivity contribution is 7.99. The Morgan fingerprint density at radius 2 is 1.96 bits per heavy atom. The van der Waals surface area contributed by atoms with Crippen molar-refractivity contribution in [1.82, 2.24) is 4.90 Å². The summed E-state index contributed by atoms with van der Waals surface area (Å²) in [5.41, 5.74) is 1.26.